The SMILES string of the molecule is O=C(CC(c1cccc(O)c1)c1ccccc1O)NC1CCCCC1. The van der Waals surface area contributed by atoms with Crippen molar-refractivity contribution >= 4 is 5.91 Å². The number of benzene rings is 2. The Balaban J connectivity index is 1.81. The van der Waals surface area contributed by atoms with Gasteiger partial charge in [0, 0.05) is 23.9 Å². The summed E-state index contributed by atoms with van der Waals surface area (Å²) in [4.78, 5) is 12.6. The Morgan fingerprint density at radius 2 is 1.80 bits per heavy atom. The van der Waals surface area contributed by atoms with Crippen LogP contribution in [0.25, 0.3) is 0 Å². The molecule has 2 aromatic rings. The molecule has 2 aromatic carbocycles. The van der Waals surface area contributed by atoms with Gasteiger partial charge in [0.2, 0.25) is 5.91 Å². The van der Waals surface area contributed by atoms with Crippen LogP contribution >= 0.6 is 0 Å². The second kappa shape index (κ2) is 8.06. The number of hydrogen-bond acceptors (Lipinski definition) is 3. The zero-order valence-corrected chi connectivity index (χ0v) is 14.3. The summed E-state index contributed by atoms with van der Waals surface area (Å²) in [6.07, 6.45) is 5.91. The minimum Gasteiger partial charge on any atom is -0.508 e. The fourth-order valence-electron chi connectivity index (χ4n) is 3.65. The van der Waals surface area contributed by atoms with Crippen LogP contribution in [0.2, 0.25) is 0 Å². The van der Waals surface area contributed by atoms with Crippen molar-refractivity contribution in [3.8, 4) is 11.5 Å². The fraction of sp³-hybridized carbons (Fsp3) is 0.381. The molecular weight excluding hydrogens is 314 g/mol. The molecular formula is C21H25NO3. The average Bonchev–Trinajstić information content (AvgIpc) is 2.61. The first-order valence-corrected chi connectivity index (χ1v) is 8.99. The summed E-state index contributed by atoms with van der Waals surface area (Å²) >= 11 is 0. The van der Waals surface area contributed by atoms with Gasteiger partial charge in [0.25, 0.3) is 0 Å². The molecule has 1 amide bonds. The number of hydrogen-bond donors (Lipinski definition) is 3. The number of phenolic OH excluding ortho intramolecular Hbond substituents is 2. The van der Waals surface area contributed by atoms with Crippen molar-refractivity contribution in [2.75, 3.05) is 0 Å². The van der Waals surface area contributed by atoms with Crippen LogP contribution < -0.4 is 5.32 Å². The lowest BCUT2D eigenvalue weighted by molar-refractivity contribution is -0.122. The van der Waals surface area contributed by atoms with Gasteiger partial charge in [0.15, 0.2) is 0 Å². The second-order valence-corrected chi connectivity index (χ2v) is 6.81. The van der Waals surface area contributed by atoms with E-state index >= 15 is 0 Å². The summed E-state index contributed by atoms with van der Waals surface area (Å²) in [5.41, 5.74) is 1.52. The van der Waals surface area contributed by atoms with Crippen molar-refractivity contribution < 1.29 is 15.0 Å². The number of carbonyl (C=O) groups is 1. The van der Waals surface area contributed by atoms with E-state index in [-0.39, 0.29) is 35.8 Å². The number of amides is 1. The highest BCUT2D eigenvalue weighted by molar-refractivity contribution is 5.78. The fourth-order valence-corrected chi connectivity index (χ4v) is 3.65. The lowest BCUT2D eigenvalue weighted by atomic mass is 9.87. The van der Waals surface area contributed by atoms with E-state index in [9.17, 15) is 15.0 Å². The van der Waals surface area contributed by atoms with Gasteiger partial charge in [-0.25, -0.2) is 0 Å². The van der Waals surface area contributed by atoms with Gasteiger partial charge in [0.05, 0.1) is 0 Å². The van der Waals surface area contributed by atoms with Crippen molar-refractivity contribution in [3.63, 3.8) is 0 Å². The maximum Gasteiger partial charge on any atom is 0.221 e. The van der Waals surface area contributed by atoms with E-state index in [0.717, 1.165) is 18.4 Å². The molecule has 3 rings (SSSR count). The maximum absolute atomic E-state index is 12.6. The van der Waals surface area contributed by atoms with E-state index in [2.05, 4.69) is 5.32 Å². The van der Waals surface area contributed by atoms with Crippen molar-refractivity contribution in [1.82, 2.24) is 5.32 Å². The van der Waals surface area contributed by atoms with E-state index in [1.807, 2.05) is 18.2 Å². The minimum absolute atomic E-state index is 0.0107. The van der Waals surface area contributed by atoms with Crippen molar-refractivity contribution in [1.29, 1.82) is 0 Å². The molecule has 0 heterocycles. The summed E-state index contributed by atoms with van der Waals surface area (Å²) in [5, 5.41) is 23.2. The third-order valence-electron chi connectivity index (χ3n) is 4.94. The number of aromatic hydroxyl groups is 2. The molecule has 1 aliphatic carbocycles. The quantitative estimate of drug-likeness (QED) is 0.769. The number of nitrogens with one attached hydrogen (secondary N) is 1. The highest BCUT2D eigenvalue weighted by Crippen LogP contribution is 2.35. The van der Waals surface area contributed by atoms with Crippen LogP contribution in [0, 0.1) is 0 Å². The zero-order valence-electron chi connectivity index (χ0n) is 14.3. The molecule has 0 aliphatic heterocycles. The van der Waals surface area contributed by atoms with E-state index in [4.69, 9.17) is 0 Å². The first-order chi connectivity index (χ1) is 12.1. The Hall–Kier alpha value is -2.49. The Kier molecular flexibility index (Phi) is 5.59. The molecule has 0 aromatic heterocycles. The molecule has 0 bridgehead atoms. The summed E-state index contributed by atoms with van der Waals surface area (Å²) in [6.45, 7) is 0. The van der Waals surface area contributed by atoms with Gasteiger partial charge in [-0.2, -0.15) is 0 Å². The smallest absolute Gasteiger partial charge is 0.221 e. The van der Waals surface area contributed by atoms with Crippen LogP contribution in [0.4, 0.5) is 0 Å². The first-order valence-electron chi connectivity index (χ1n) is 8.99. The van der Waals surface area contributed by atoms with E-state index in [0.29, 0.717) is 5.56 Å². The Labute approximate surface area is 148 Å². The van der Waals surface area contributed by atoms with Gasteiger partial charge < -0.3 is 15.5 Å². The summed E-state index contributed by atoms with van der Waals surface area (Å²) in [7, 11) is 0. The topological polar surface area (TPSA) is 69.6 Å². The van der Waals surface area contributed by atoms with Crippen molar-refractivity contribution in [2.24, 2.45) is 0 Å². The molecule has 0 spiro atoms. The van der Waals surface area contributed by atoms with E-state index < -0.39 is 0 Å². The van der Waals surface area contributed by atoms with Crippen molar-refractivity contribution in [3.05, 3.63) is 59.7 Å². The molecule has 0 radical (unpaired) electrons. The predicted molar refractivity (Wildman–Crippen MR) is 97.7 cm³/mol. The molecule has 4 nitrogen and oxygen atoms in total. The first kappa shape index (κ1) is 17.3. The van der Waals surface area contributed by atoms with Gasteiger partial charge in [-0.1, -0.05) is 49.6 Å². The molecule has 1 fully saturated rings. The van der Waals surface area contributed by atoms with Crippen molar-refractivity contribution in [2.45, 2.75) is 50.5 Å². The van der Waals surface area contributed by atoms with Crippen LogP contribution in [0.5, 0.6) is 11.5 Å². The molecule has 1 aliphatic rings. The third kappa shape index (κ3) is 4.53. The maximum atomic E-state index is 12.6. The summed E-state index contributed by atoms with van der Waals surface area (Å²) in [6, 6.07) is 14.2. The van der Waals surface area contributed by atoms with Gasteiger partial charge in [-0.15, -0.1) is 0 Å². The van der Waals surface area contributed by atoms with Crippen LogP contribution in [-0.4, -0.2) is 22.2 Å². The molecule has 25 heavy (non-hydrogen) atoms. The molecule has 4 heteroatoms. The highest BCUT2D eigenvalue weighted by atomic mass is 16.3. The zero-order chi connectivity index (χ0) is 17.6. The summed E-state index contributed by atoms with van der Waals surface area (Å²) in [5.74, 6) is 0.0207. The largest absolute Gasteiger partial charge is 0.508 e. The van der Waals surface area contributed by atoms with Crippen LogP contribution in [0.3, 0.4) is 0 Å². The average molecular weight is 339 g/mol. The van der Waals surface area contributed by atoms with E-state index in [1.54, 1.807) is 30.3 Å². The molecule has 3 N–H and O–H groups in total. The number of rotatable bonds is 5. The minimum atomic E-state index is -0.295. The molecule has 1 unspecified atom stereocenters. The molecule has 1 saturated carbocycles. The normalized spacial score (nSPS) is 16.3. The van der Waals surface area contributed by atoms with Crippen LogP contribution in [0.15, 0.2) is 48.5 Å². The molecule has 0 saturated heterocycles. The molecule has 1 atom stereocenters. The predicted octanol–water partition coefficient (Wildman–Crippen LogP) is 4.07. The Morgan fingerprint density at radius 1 is 1.04 bits per heavy atom. The number of para-hydroxylation sites is 1. The van der Waals surface area contributed by atoms with E-state index in [1.165, 1.54) is 19.3 Å². The Bertz CT molecular complexity index is 723. The van der Waals surface area contributed by atoms with Gasteiger partial charge in [0.1, 0.15) is 11.5 Å². The summed E-state index contributed by atoms with van der Waals surface area (Å²) < 4.78 is 0. The lowest BCUT2D eigenvalue weighted by Gasteiger charge is -2.25. The second-order valence-electron chi connectivity index (χ2n) is 6.81. The number of carbonyl (C=O) groups excluding carboxylic acids is 1. The standard InChI is InChI=1S/C21H25NO3/c23-17-10-6-7-15(13-17)19(18-11-4-5-12-20(18)24)14-21(25)22-16-8-2-1-3-9-16/h4-7,10-13,16,19,23-24H,1-3,8-9,14H2,(H,22,25). The van der Waals surface area contributed by atoms with Crippen LogP contribution in [-0.2, 0) is 4.79 Å². The lowest BCUT2D eigenvalue weighted by Crippen LogP contribution is -2.36. The number of phenols is 2. The molecule has 132 valence electrons. The monoisotopic (exact) mass is 339 g/mol. The third-order valence-corrected chi connectivity index (χ3v) is 4.94. The van der Waals surface area contributed by atoms with Gasteiger partial charge in [-0.3, -0.25) is 4.79 Å². The van der Waals surface area contributed by atoms with Crippen LogP contribution in [0.1, 0.15) is 55.6 Å². The van der Waals surface area contributed by atoms with Gasteiger partial charge >= 0.3 is 0 Å². The van der Waals surface area contributed by atoms with Gasteiger partial charge in [-0.05, 0) is 36.6 Å². The highest BCUT2D eigenvalue weighted by Gasteiger charge is 2.23. The Morgan fingerprint density at radius 3 is 2.52 bits per heavy atom.